The van der Waals surface area contributed by atoms with Crippen LogP contribution < -0.4 is 15.6 Å². The summed E-state index contributed by atoms with van der Waals surface area (Å²) in [6.45, 7) is 0.499. The van der Waals surface area contributed by atoms with Gasteiger partial charge in [0.1, 0.15) is 17.6 Å². The second-order valence-electron chi connectivity index (χ2n) is 6.42. The molecule has 0 spiro atoms. The van der Waals surface area contributed by atoms with Crippen LogP contribution in [0.5, 0.6) is 0 Å². The van der Waals surface area contributed by atoms with Crippen molar-refractivity contribution >= 4 is 38.9 Å². The van der Waals surface area contributed by atoms with Crippen LogP contribution >= 0.6 is 15.9 Å². The number of nitrogens with one attached hydrogen (secondary N) is 2. The summed E-state index contributed by atoms with van der Waals surface area (Å²) in [5, 5.41) is 10.0. The highest BCUT2D eigenvalue weighted by molar-refractivity contribution is 9.10. The molecule has 1 unspecified atom stereocenters. The molecule has 1 atom stereocenters. The van der Waals surface area contributed by atoms with Gasteiger partial charge in [0, 0.05) is 17.4 Å². The number of carbonyl (C=O) groups is 1. The number of hydrazone groups is 1. The summed E-state index contributed by atoms with van der Waals surface area (Å²) >= 11 is 3.11. The molecule has 0 aromatic heterocycles. The van der Waals surface area contributed by atoms with E-state index in [-0.39, 0.29) is 5.69 Å². The highest BCUT2D eigenvalue weighted by atomic mass is 79.9. The molecule has 10 heteroatoms. The standard InChI is InChI=1S/C19H17BrF4N4O/c1-25-10-11-3-2-4-13(7-11)28-16(9-17(27-28)19(22,23)24)18(29)26-15-6-5-12(20)8-14(15)21/h2-8,16,25H,9-10H2,1H3,(H,26,29). The molecule has 154 valence electrons. The summed E-state index contributed by atoms with van der Waals surface area (Å²) in [4.78, 5) is 12.7. The number of hydrogen-bond donors (Lipinski definition) is 2. The number of amides is 1. The maximum absolute atomic E-state index is 14.0. The number of nitrogens with zero attached hydrogens (tertiary/aromatic N) is 2. The summed E-state index contributed by atoms with van der Waals surface area (Å²) in [6, 6.07) is 9.44. The molecule has 0 saturated heterocycles. The first-order valence-electron chi connectivity index (χ1n) is 8.62. The van der Waals surface area contributed by atoms with E-state index >= 15 is 0 Å². The van der Waals surface area contributed by atoms with Crippen molar-refractivity contribution in [1.29, 1.82) is 0 Å². The van der Waals surface area contributed by atoms with Gasteiger partial charge in [0.15, 0.2) is 0 Å². The molecule has 0 aliphatic carbocycles. The summed E-state index contributed by atoms with van der Waals surface area (Å²) < 4.78 is 54.3. The van der Waals surface area contributed by atoms with Gasteiger partial charge in [-0.1, -0.05) is 28.1 Å². The molecule has 1 heterocycles. The van der Waals surface area contributed by atoms with Gasteiger partial charge in [0.25, 0.3) is 0 Å². The Morgan fingerprint density at radius 2 is 2.03 bits per heavy atom. The fraction of sp³-hybridized carbons (Fsp3) is 0.263. The Hall–Kier alpha value is -2.46. The molecule has 0 saturated carbocycles. The Labute approximate surface area is 172 Å². The first-order chi connectivity index (χ1) is 13.7. The minimum atomic E-state index is -4.67. The molecule has 2 aromatic carbocycles. The molecule has 0 radical (unpaired) electrons. The van der Waals surface area contributed by atoms with E-state index in [0.29, 0.717) is 16.7 Å². The van der Waals surface area contributed by atoms with Crippen molar-refractivity contribution in [3.8, 4) is 0 Å². The largest absolute Gasteiger partial charge is 0.431 e. The van der Waals surface area contributed by atoms with Crippen LogP contribution in [0.1, 0.15) is 12.0 Å². The van der Waals surface area contributed by atoms with E-state index in [1.54, 1.807) is 31.3 Å². The Kier molecular flexibility index (Phi) is 6.23. The quantitative estimate of drug-likeness (QED) is 0.632. The minimum absolute atomic E-state index is 0.123. The predicted molar refractivity (Wildman–Crippen MR) is 106 cm³/mol. The van der Waals surface area contributed by atoms with Crippen LogP contribution in [0.2, 0.25) is 0 Å². The third kappa shape index (κ3) is 4.94. The van der Waals surface area contributed by atoms with Crippen LogP contribution in [0.25, 0.3) is 0 Å². The Morgan fingerprint density at radius 3 is 2.69 bits per heavy atom. The van der Waals surface area contributed by atoms with E-state index in [1.165, 1.54) is 12.1 Å². The number of hydrogen-bond acceptors (Lipinski definition) is 4. The highest BCUT2D eigenvalue weighted by Gasteiger charge is 2.45. The van der Waals surface area contributed by atoms with E-state index in [4.69, 9.17) is 0 Å². The zero-order valence-electron chi connectivity index (χ0n) is 15.2. The number of carbonyl (C=O) groups excluding carboxylic acids is 1. The van der Waals surface area contributed by atoms with E-state index in [2.05, 4.69) is 31.7 Å². The van der Waals surface area contributed by atoms with Crippen molar-refractivity contribution in [2.75, 3.05) is 17.4 Å². The monoisotopic (exact) mass is 472 g/mol. The van der Waals surface area contributed by atoms with Crippen LogP contribution in [0.3, 0.4) is 0 Å². The molecule has 1 aliphatic rings. The van der Waals surface area contributed by atoms with E-state index in [9.17, 15) is 22.4 Å². The van der Waals surface area contributed by atoms with Gasteiger partial charge in [-0.2, -0.15) is 18.3 Å². The maximum Gasteiger partial charge on any atom is 0.431 e. The van der Waals surface area contributed by atoms with Crippen LogP contribution in [-0.4, -0.2) is 30.9 Å². The van der Waals surface area contributed by atoms with Crippen molar-refractivity contribution in [2.45, 2.75) is 25.2 Å². The van der Waals surface area contributed by atoms with Crippen molar-refractivity contribution in [3.05, 3.63) is 58.3 Å². The molecule has 0 fully saturated rings. The normalized spacial score (nSPS) is 16.7. The Morgan fingerprint density at radius 1 is 1.28 bits per heavy atom. The van der Waals surface area contributed by atoms with Gasteiger partial charge >= 0.3 is 6.18 Å². The van der Waals surface area contributed by atoms with Crippen molar-refractivity contribution in [1.82, 2.24) is 5.32 Å². The lowest BCUT2D eigenvalue weighted by molar-refractivity contribution is -0.117. The topological polar surface area (TPSA) is 56.7 Å². The molecule has 2 aromatic rings. The lowest BCUT2D eigenvalue weighted by atomic mass is 10.1. The second kappa shape index (κ2) is 8.50. The third-order valence-electron chi connectivity index (χ3n) is 4.29. The first kappa shape index (κ1) is 21.3. The lowest BCUT2D eigenvalue weighted by Crippen LogP contribution is -2.39. The van der Waals surface area contributed by atoms with Crippen LogP contribution in [-0.2, 0) is 11.3 Å². The van der Waals surface area contributed by atoms with Gasteiger partial charge in [-0.3, -0.25) is 9.80 Å². The fourth-order valence-corrected chi connectivity index (χ4v) is 3.28. The molecule has 3 rings (SSSR count). The number of rotatable bonds is 5. The predicted octanol–water partition coefficient (Wildman–Crippen LogP) is 4.44. The Bertz CT molecular complexity index is 948. The summed E-state index contributed by atoms with van der Waals surface area (Å²) in [5.74, 6) is -1.49. The first-order valence-corrected chi connectivity index (χ1v) is 9.41. The van der Waals surface area contributed by atoms with E-state index < -0.39 is 36.1 Å². The summed E-state index contributed by atoms with van der Waals surface area (Å²) in [5.41, 5.74) is -0.0253. The number of benzene rings is 2. The molecule has 2 N–H and O–H groups in total. The second-order valence-corrected chi connectivity index (χ2v) is 7.34. The number of alkyl halides is 3. The average molecular weight is 473 g/mol. The van der Waals surface area contributed by atoms with Gasteiger partial charge in [-0.25, -0.2) is 4.39 Å². The fourth-order valence-electron chi connectivity index (χ4n) is 2.94. The van der Waals surface area contributed by atoms with Crippen LogP contribution in [0.4, 0.5) is 28.9 Å². The highest BCUT2D eigenvalue weighted by Crippen LogP contribution is 2.32. The van der Waals surface area contributed by atoms with Crippen molar-refractivity contribution in [2.24, 2.45) is 5.10 Å². The summed E-state index contributed by atoms with van der Waals surface area (Å²) in [6.07, 6.45) is -5.30. The van der Waals surface area contributed by atoms with E-state index in [0.717, 1.165) is 16.6 Å². The smallest absolute Gasteiger partial charge is 0.322 e. The maximum atomic E-state index is 14.0. The molecule has 0 bridgehead atoms. The SMILES string of the molecule is CNCc1cccc(N2N=C(C(F)(F)F)CC2C(=O)Nc2ccc(Br)cc2F)c1. The molecule has 1 amide bonds. The van der Waals surface area contributed by atoms with Gasteiger partial charge in [-0.15, -0.1) is 0 Å². The third-order valence-corrected chi connectivity index (χ3v) is 4.78. The zero-order valence-corrected chi connectivity index (χ0v) is 16.8. The van der Waals surface area contributed by atoms with Crippen molar-refractivity contribution < 1.29 is 22.4 Å². The summed E-state index contributed by atoms with van der Waals surface area (Å²) in [7, 11) is 1.74. The van der Waals surface area contributed by atoms with E-state index in [1.807, 2.05) is 0 Å². The Balaban J connectivity index is 1.91. The van der Waals surface area contributed by atoms with Gasteiger partial charge < -0.3 is 10.6 Å². The van der Waals surface area contributed by atoms with Gasteiger partial charge in [0.05, 0.1) is 11.4 Å². The molecule has 5 nitrogen and oxygen atoms in total. The minimum Gasteiger partial charge on any atom is -0.322 e. The molecule has 29 heavy (non-hydrogen) atoms. The number of anilines is 2. The van der Waals surface area contributed by atoms with Gasteiger partial charge in [0.2, 0.25) is 5.91 Å². The van der Waals surface area contributed by atoms with Gasteiger partial charge in [-0.05, 0) is 42.9 Å². The molecular formula is C19H17BrF4N4O. The van der Waals surface area contributed by atoms with Crippen LogP contribution in [0, 0.1) is 5.82 Å². The molecule has 1 aliphatic heterocycles. The number of halogens is 5. The van der Waals surface area contributed by atoms with Crippen LogP contribution in [0.15, 0.2) is 52.0 Å². The molecular weight excluding hydrogens is 456 g/mol. The lowest BCUT2D eigenvalue weighted by Gasteiger charge is -2.23. The average Bonchev–Trinajstić information content (AvgIpc) is 3.10. The zero-order chi connectivity index (χ0) is 21.2. The van der Waals surface area contributed by atoms with Crippen molar-refractivity contribution in [3.63, 3.8) is 0 Å².